The van der Waals surface area contributed by atoms with E-state index in [9.17, 15) is 10.4 Å². The molecule has 4 aliphatic rings. The van der Waals surface area contributed by atoms with Gasteiger partial charge < -0.3 is 25.2 Å². The van der Waals surface area contributed by atoms with E-state index in [1.54, 1.807) is 11.3 Å². The van der Waals surface area contributed by atoms with Crippen molar-refractivity contribution in [3.63, 3.8) is 0 Å². The largest absolute Gasteiger partial charge is 0.389 e. The van der Waals surface area contributed by atoms with Crippen LogP contribution in [-0.2, 0) is 18.3 Å². The number of likely N-dealkylation sites (N-methyl/N-ethyl adjacent to an activating group) is 1. The molecule has 0 amide bonds. The summed E-state index contributed by atoms with van der Waals surface area (Å²) in [7, 11) is 2.19. The second-order valence-electron chi connectivity index (χ2n) is 13.7. The zero-order valence-electron chi connectivity index (χ0n) is 25.6. The first-order valence-electron chi connectivity index (χ1n) is 15.9. The summed E-state index contributed by atoms with van der Waals surface area (Å²) in [5.41, 5.74) is 9.31. The normalized spacial score (nSPS) is 27.6. The van der Waals surface area contributed by atoms with Crippen LogP contribution in [0.2, 0.25) is 0 Å². The van der Waals surface area contributed by atoms with Crippen LogP contribution in [0.25, 0.3) is 22.6 Å². The van der Waals surface area contributed by atoms with Gasteiger partial charge in [0.15, 0.2) is 22.9 Å². The van der Waals surface area contributed by atoms with E-state index in [1.807, 2.05) is 13.1 Å². The summed E-state index contributed by atoms with van der Waals surface area (Å²) < 4.78 is 8.36. The molecule has 4 aromatic rings. The van der Waals surface area contributed by atoms with E-state index in [-0.39, 0.29) is 6.04 Å². The summed E-state index contributed by atoms with van der Waals surface area (Å²) in [4.78, 5) is 16.1. The Morgan fingerprint density at radius 1 is 1.18 bits per heavy atom. The van der Waals surface area contributed by atoms with Gasteiger partial charge in [0.2, 0.25) is 0 Å². The van der Waals surface area contributed by atoms with E-state index < -0.39 is 11.0 Å². The SMILES string of the molecule is C[C@@H]([C@@H]1CCCN1C)n1ncc2c(N3CC[C@@](C)(O)C3)nc(-c3noc4c3CCC[C@@]43CCCc4sc(N)c(C#N)c43)nc21. The molecule has 3 N–H and O–H groups in total. The molecular formula is C32H39N9O2S. The van der Waals surface area contributed by atoms with Crippen molar-refractivity contribution in [2.45, 2.75) is 94.7 Å². The number of likely N-dealkylation sites (tertiary alicyclic amines) is 1. The summed E-state index contributed by atoms with van der Waals surface area (Å²) in [6.45, 7) is 6.38. The Bertz CT molecular complexity index is 1810. The molecule has 11 nitrogen and oxygen atoms in total. The minimum Gasteiger partial charge on any atom is -0.389 e. The summed E-state index contributed by atoms with van der Waals surface area (Å²) in [5.74, 6) is 2.15. The van der Waals surface area contributed by atoms with Gasteiger partial charge >= 0.3 is 0 Å². The number of rotatable bonds is 4. The van der Waals surface area contributed by atoms with Crippen molar-refractivity contribution < 1.29 is 9.63 Å². The lowest BCUT2D eigenvalue weighted by molar-refractivity contribution is 0.0839. The van der Waals surface area contributed by atoms with Crippen LogP contribution in [0.3, 0.4) is 0 Å². The van der Waals surface area contributed by atoms with Crippen LogP contribution >= 0.6 is 11.3 Å². The molecular weight excluding hydrogens is 574 g/mol. The number of nitriles is 1. The fourth-order valence-electron chi connectivity index (χ4n) is 8.61. The molecule has 2 aliphatic heterocycles. The predicted molar refractivity (Wildman–Crippen MR) is 169 cm³/mol. The molecule has 0 saturated carbocycles. The van der Waals surface area contributed by atoms with Crippen LogP contribution in [-0.4, -0.2) is 73.2 Å². The summed E-state index contributed by atoms with van der Waals surface area (Å²) in [5, 5.41) is 32.0. The maximum atomic E-state index is 10.9. The summed E-state index contributed by atoms with van der Waals surface area (Å²) in [6.07, 6.45) is 10.4. The van der Waals surface area contributed by atoms with Gasteiger partial charge in [-0.3, -0.25) is 0 Å². The molecule has 230 valence electrons. The van der Waals surface area contributed by atoms with E-state index in [0.29, 0.717) is 47.6 Å². The third kappa shape index (κ3) is 4.05. The Morgan fingerprint density at radius 2 is 2.00 bits per heavy atom. The van der Waals surface area contributed by atoms with Crippen molar-refractivity contribution in [2.75, 3.05) is 37.3 Å². The maximum absolute atomic E-state index is 10.9. The quantitative estimate of drug-likeness (QED) is 0.336. The molecule has 2 fully saturated rings. The van der Waals surface area contributed by atoms with E-state index in [2.05, 4.69) is 39.7 Å². The third-order valence-corrected chi connectivity index (χ3v) is 11.9. The molecule has 6 heterocycles. The van der Waals surface area contributed by atoms with Crippen LogP contribution in [0.4, 0.5) is 10.8 Å². The number of thiophene rings is 1. The molecule has 2 aliphatic carbocycles. The fraction of sp³-hybridized carbons (Fsp3) is 0.594. The molecule has 0 bridgehead atoms. The van der Waals surface area contributed by atoms with Gasteiger partial charge in [-0.25, -0.2) is 14.6 Å². The number of aromatic nitrogens is 5. The Morgan fingerprint density at radius 3 is 2.73 bits per heavy atom. The highest BCUT2D eigenvalue weighted by atomic mass is 32.1. The number of hydrogen-bond acceptors (Lipinski definition) is 11. The topological polar surface area (TPSA) is 146 Å². The van der Waals surface area contributed by atoms with Crippen LogP contribution < -0.4 is 10.6 Å². The predicted octanol–water partition coefficient (Wildman–Crippen LogP) is 4.57. The molecule has 0 radical (unpaired) electrons. The van der Waals surface area contributed by atoms with Gasteiger partial charge in [0.1, 0.15) is 16.9 Å². The van der Waals surface area contributed by atoms with Gasteiger partial charge in [-0.05, 0) is 90.8 Å². The number of nitrogen functional groups attached to an aromatic ring is 1. The second-order valence-corrected chi connectivity index (χ2v) is 14.8. The number of nitrogens with zero attached hydrogens (tertiary/aromatic N) is 8. The minimum atomic E-state index is -0.785. The zero-order chi connectivity index (χ0) is 30.4. The Hall–Kier alpha value is -3.53. The molecule has 2 saturated heterocycles. The molecule has 0 unspecified atom stereocenters. The van der Waals surface area contributed by atoms with Crippen LogP contribution in [0.15, 0.2) is 10.7 Å². The van der Waals surface area contributed by atoms with Crippen molar-refractivity contribution >= 4 is 33.2 Å². The van der Waals surface area contributed by atoms with Gasteiger partial charge in [-0.15, -0.1) is 11.3 Å². The average Bonchev–Trinajstić information content (AvgIpc) is 3.82. The molecule has 0 aromatic carbocycles. The zero-order valence-corrected chi connectivity index (χ0v) is 26.5. The standard InChI is InChI=1S/C32H39N9O2S/c1-18(22-8-6-13-39(22)3)41-30-21(16-35-41)29(40-14-12-31(2,42)17-40)36-28(37-30)25-19-7-4-10-32(26(19)43-38-25)11-5-9-23-24(32)20(15-33)27(34)44-23/h16,18,22,42H,4-14,17,34H2,1-3H3/t18-,22-,31+,32-/m0/s1. The highest BCUT2D eigenvalue weighted by Gasteiger charge is 2.49. The molecule has 8 rings (SSSR count). The van der Waals surface area contributed by atoms with Gasteiger partial charge in [-0.2, -0.15) is 10.4 Å². The number of nitrogens with two attached hydrogens (primary N) is 1. The Kier molecular flexibility index (Phi) is 6.35. The molecule has 44 heavy (non-hydrogen) atoms. The lowest BCUT2D eigenvalue weighted by Gasteiger charge is -2.39. The van der Waals surface area contributed by atoms with Crippen molar-refractivity contribution in [1.29, 1.82) is 5.26 Å². The fourth-order valence-corrected chi connectivity index (χ4v) is 9.77. The number of β-amino-alcohol motifs (C(OH)–C–C–N with tert-alkyl or cyclic N) is 1. The second kappa shape index (κ2) is 9.99. The van der Waals surface area contributed by atoms with E-state index in [4.69, 9.17) is 25.3 Å². The highest BCUT2D eigenvalue weighted by molar-refractivity contribution is 7.16. The molecule has 4 atom stereocenters. The number of fused-ring (bicyclic) bond motifs is 5. The maximum Gasteiger partial charge on any atom is 0.186 e. The molecule has 12 heteroatoms. The smallest absolute Gasteiger partial charge is 0.186 e. The van der Waals surface area contributed by atoms with Gasteiger partial charge in [0.05, 0.1) is 34.2 Å². The van der Waals surface area contributed by atoms with E-state index in [1.165, 1.54) is 11.3 Å². The van der Waals surface area contributed by atoms with E-state index in [0.717, 1.165) is 85.2 Å². The van der Waals surface area contributed by atoms with Gasteiger partial charge in [-0.1, -0.05) is 5.16 Å². The Labute approximate surface area is 260 Å². The first-order chi connectivity index (χ1) is 21.2. The summed E-state index contributed by atoms with van der Waals surface area (Å²) in [6, 6.07) is 2.91. The lowest BCUT2D eigenvalue weighted by atomic mass is 9.63. The van der Waals surface area contributed by atoms with Crippen LogP contribution in [0.1, 0.15) is 92.2 Å². The number of anilines is 2. The minimum absolute atomic E-state index is 0.126. The van der Waals surface area contributed by atoms with E-state index >= 15 is 0 Å². The monoisotopic (exact) mass is 613 g/mol. The highest BCUT2D eigenvalue weighted by Crippen LogP contribution is 2.55. The van der Waals surface area contributed by atoms with Crippen molar-refractivity contribution in [2.24, 2.45) is 0 Å². The average molecular weight is 614 g/mol. The first-order valence-corrected chi connectivity index (χ1v) is 16.8. The Balaban J connectivity index is 1.29. The number of aliphatic hydroxyl groups is 1. The number of aryl methyl sites for hydroxylation is 1. The number of hydrogen-bond donors (Lipinski definition) is 2. The van der Waals surface area contributed by atoms with Crippen molar-refractivity contribution in [3.05, 3.63) is 33.5 Å². The van der Waals surface area contributed by atoms with Gasteiger partial charge in [0, 0.05) is 29.6 Å². The van der Waals surface area contributed by atoms with Crippen molar-refractivity contribution in [3.8, 4) is 17.6 Å². The van der Waals surface area contributed by atoms with Crippen LogP contribution in [0, 0.1) is 11.3 Å². The molecule has 1 spiro atoms. The molecule has 4 aromatic heterocycles. The third-order valence-electron chi connectivity index (χ3n) is 10.8. The van der Waals surface area contributed by atoms with Crippen LogP contribution in [0.5, 0.6) is 0 Å². The van der Waals surface area contributed by atoms with Gasteiger partial charge in [0.25, 0.3) is 0 Å². The van der Waals surface area contributed by atoms with Crippen molar-refractivity contribution in [1.82, 2.24) is 29.8 Å². The lowest BCUT2D eigenvalue weighted by Crippen LogP contribution is -2.35. The first kappa shape index (κ1) is 28.0. The summed E-state index contributed by atoms with van der Waals surface area (Å²) >= 11 is 1.55.